The van der Waals surface area contributed by atoms with Gasteiger partial charge in [-0.2, -0.15) is 13.7 Å². The van der Waals surface area contributed by atoms with E-state index < -0.39 is 0 Å². The third-order valence-electron chi connectivity index (χ3n) is 5.56. The number of methoxy groups -OCH3 is 1. The molecule has 2 aromatic heterocycles. The summed E-state index contributed by atoms with van der Waals surface area (Å²) in [5, 5.41) is 7.33. The standard InChI is InChI=1S/C21H24FN5O3S2/c1-30-15-5-3-14(4-6-15)27-20(28)17-16(13-31-19(17)23)18(24-27)21(29)26-10-8-25(9-11-26)7-2-12-32-22/h3-6,13H,2,7-12,23H2,1H3. The molecule has 1 fully saturated rings. The zero-order valence-electron chi connectivity index (χ0n) is 17.6. The number of hydrogen-bond donors (Lipinski definition) is 1. The minimum atomic E-state index is -0.365. The molecule has 0 saturated carbocycles. The predicted molar refractivity (Wildman–Crippen MR) is 127 cm³/mol. The van der Waals surface area contributed by atoms with Crippen molar-refractivity contribution in [2.75, 3.05) is 51.3 Å². The summed E-state index contributed by atoms with van der Waals surface area (Å²) in [6, 6.07) is 6.88. The number of fused-ring (bicyclic) bond motifs is 1. The minimum Gasteiger partial charge on any atom is -0.497 e. The summed E-state index contributed by atoms with van der Waals surface area (Å²) < 4.78 is 18.7. The summed E-state index contributed by atoms with van der Waals surface area (Å²) in [6.07, 6.45) is 0.776. The van der Waals surface area contributed by atoms with Crippen LogP contribution < -0.4 is 16.0 Å². The molecule has 170 valence electrons. The molecular weight excluding hydrogens is 453 g/mol. The van der Waals surface area contributed by atoms with Crippen LogP contribution in [0.4, 0.5) is 8.89 Å². The number of amides is 1. The summed E-state index contributed by atoms with van der Waals surface area (Å²) in [5.41, 5.74) is 6.46. The lowest BCUT2D eigenvalue weighted by atomic mass is 10.2. The first kappa shape index (κ1) is 22.6. The lowest BCUT2D eigenvalue weighted by molar-refractivity contribution is 0.0632. The Labute approximate surface area is 193 Å². The van der Waals surface area contributed by atoms with Gasteiger partial charge in [0.2, 0.25) is 0 Å². The van der Waals surface area contributed by atoms with Gasteiger partial charge >= 0.3 is 0 Å². The number of nitrogens with zero attached hydrogens (tertiary/aromatic N) is 4. The van der Waals surface area contributed by atoms with Crippen molar-refractivity contribution in [3.63, 3.8) is 0 Å². The van der Waals surface area contributed by atoms with Gasteiger partial charge in [0, 0.05) is 54.8 Å². The van der Waals surface area contributed by atoms with E-state index in [1.807, 2.05) is 0 Å². The molecule has 3 aromatic rings. The number of nitrogens with two attached hydrogens (primary N) is 1. The normalized spacial score (nSPS) is 14.8. The molecule has 0 radical (unpaired) electrons. The molecular formula is C21H24FN5O3S2. The molecule has 0 aliphatic carbocycles. The lowest BCUT2D eigenvalue weighted by Crippen LogP contribution is -2.49. The molecule has 8 nitrogen and oxygen atoms in total. The maximum absolute atomic E-state index is 13.4. The van der Waals surface area contributed by atoms with Gasteiger partial charge in [0.1, 0.15) is 5.75 Å². The van der Waals surface area contributed by atoms with Crippen LogP contribution in [0.5, 0.6) is 5.75 Å². The number of piperazine rings is 1. The second-order valence-corrected chi connectivity index (χ2v) is 8.99. The van der Waals surface area contributed by atoms with Crippen LogP contribution in [0.15, 0.2) is 34.4 Å². The number of rotatable bonds is 7. The number of carbonyl (C=O) groups excluding carboxylic acids is 1. The maximum atomic E-state index is 13.4. The molecule has 4 rings (SSSR count). The highest BCUT2D eigenvalue weighted by Crippen LogP contribution is 2.28. The van der Waals surface area contributed by atoms with Gasteiger partial charge in [0.25, 0.3) is 11.5 Å². The maximum Gasteiger partial charge on any atom is 0.282 e. The first-order chi connectivity index (χ1) is 15.5. The number of halogens is 1. The van der Waals surface area contributed by atoms with E-state index in [1.54, 1.807) is 41.7 Å². The van der Waals surface area contributed by atoms with Gasteiger partial charge < -0.3 is 15.4 Å². The Hall–Kier alpha value is -2.63. The highest BCUT2D eigenvalue weighted by atomic mass is 32.2. The van der Waals surface area contributed by atoms with Crippen molar-refractivity contribution < 1.29 is 13.4 Å². The molecule has 1 aliphatic heterocycles. The number of hydrogen-bond acceptors (Lipinski definition) is 8. The van der Waals surface area contributed by atoms with E-state index >= 15 is 0 Å². The first-order valence-electron chi connectivity index (χ1n) is 10.2. The highest BCUT2D eigenvalue weighted by Gasteiger charge is 2.27. The fourth-order valence-electron chi connectivity index (χ4n) is 3.80. The van der Waals surface area contributed by atoms with E-state index in [1.165, 1.54) is 16.0 Å². The lowest BCUT2D eigenvalue weighted by Gasteiger charge is -2.34. The number of benzene rings is 1. The second-order valence-electron chi connectivity index (χ2n) is 7.45. The van der Waals surface area contributed by atoms with E-state index in [0.29, 0.717) is 58.2 Å². The van der Waals surface area contributed by atoms with Crippen LogP contribution in [0.2, 0.25) is 0 Å². The van der Waals surface area contributed by atoms with Crippen molar-refractivity contribution >= 4 is 45.2 Å². The van der Waals surface area contributed by atoms with E-state index in [4.69, 9.17) is 10.5 Å². The largest absolute Gasteiger partial charge is 0.497 e. The van der Waals surface area contributed by atoms with Crippen molar-refractivity contribution in [3.05, 3.63) is 45.7 Å². The number of ether oxygens (including phenoxy) is 1. The average molecular weight is 478 g/mol. The molecule has 11 heteroatoms. The Morgan fingerprint density at radius 3 is 2.62 bits per heavy atom. The molecule has 1 amide bonds. The monoisotopic (exact) mass is 477 g/mol. The Kier molecular flexibility index (Phi) is 6.97. The van der Waals surface area contributed by atoms with Crippen LogP contribution in [0.25, 0.3) is 16.5 Å². The molecule has 0 atom stereocenters. The van der Waals surface area contributed by atoms with Crippen LogP contribution >= 0.6 is 23.5 Å². The fraction of sp³-hybridized carbons (Fsp3) is 0.381. The molecule has 1 aromatic carbocycles. The molecule has 0 unspecified atom stereocenters. The predicted octanol–water partition coefficient (Wildman–Crippen LogP) is 2.80. The van der Waals surface area contributed by atoms with Crippen LogP contribution in [0, 0.1) is 0 Å². The van der Waals surface area contributed by atoms with Crippen LogP contribution in [-0.2, 0) is 0 Å². The quantitative estimate of drug-likeness (QED) is 0.523. The summed E-state index contributed by atoms with van der Waals surface area (Å²) in [4.78, 5) is 30.5. The third-order valence-corrected chi connectivity index (χ3v) is 6.81. The Morgan fingerprint density at radius 1 is 1.25 bits per heavy atom. The summed E-state index contributed by atoms with van der Waals surface area (Å²) in [7, 11) is 1.56. The summed E-state index contributed by atoms with van der Waals surface area (Å²) in [6.45, 7) is 3.34. The van der Waals surface area contributed by atoms with Crippen LogP contribution in [0.1, 0.15) is 16.9 Å². The molecule has 1 aliphatic rings. The SMILES string of the molecule is COc1ccc(-n2nc(C(=O)N3CCN(CCCSF)CC3)c3csc(N)c3c2=O)cc1. The number of aromatic nitrogens is 2. The van der Waals surface area contributed by atoms with Crippen LogP contribution in [-0.4, -0.2) is 71.1 Å². The molecule has 0 bridgehead atoms. The van der Waals surface area contributed by atoms with E-state index in [0.717, 1.165) is 26.1 Å². The number of thiophene rings is 1. The van der Waals surface area contributed by atoms with Gasteiger partial charge in [0.05, 0.1) is 23.2 Å². The van der Waals surface area contributed by atoms with E-state index in [-0.39, 0.29) is 17.2 Å². The summed E-state index contributed by atoms with van der Waals surface area (Å²) >= 11 is 1.58. The minimum absolute atomic E-state index is 0.214. The molecule has 1 saturated heterocycles. The van der Waals surface area contributed by atoms with Gasteiger partial charge in [-0.15, -0.1) is 11.3 Å². The van der Waals surface area contributed by atoms with Crippen LogP contribution in [0.3, 0.4) is 0 Å². The zero-order chi connectivity index (χ0) is 22.7. The van der Waals surface area contributed by atoms with E-state index in [9.17, 15) is 13.5 Å². The van der Waals surface area contributed by atoms with Gasteiger partial charge in [-0.3, -0.25) is 14.5 Å². The van der Waals surface area contributed by atoms with Gasteiger partial charge in [-0.25, -0.2) is 0 Å². The van der Waals surface area contributed by atoms with Crippen molar-refractivity contribution in [1.82, 2.24) is 19.6 Å². The average Bonchev–Trinajstić information content (AvgIpc) is 3.22. The van der Waals surface area contributed by atoms with E-state index in [2.05, 4.69) is 10.00 Å². The molecule has 0 spiro atoms. The Balaban J connectivity index is 1.64. The molecule has 2 N–H and O–H groups in total. The first-order valence-corrected chi connectivity index (χ1v) is 12.0. The fourth-order valence-corrected chi connectivity index (χ4v) is 4.82. The Bertz CT molecular complexity index is 1160. The number of nitrogen functional groups attached to an aromatic ring is 1. The highest BCUT2D eigenvalue weighted by molar-refractivity contribution is 7.94. The topological polar surface area (TPSA) is 93.7 Å². The van der Waals surface area contributed by atoms with Gasteiger partial charge in [0.15, 0.2) is 5.69 Å². The number of carbonyl (C=O) groups is 1. The van der Waals surface area contributed by atoms with Gasteiger partial charge in [-0.1, -0.05) is 0 Å². The Morgan fingerprint density at radius 2 is 1.97 bits per heavy atom. The molecule has 3 heterocycles. The zero-order valence-corrected chi connectivity index (χ0v) is 19.3. The molecule has 32 heavy (non-hydrogen) atoms. The van der Waals surface area contributed by atoms with Crippen molar-refractivity contribution in [3.8, 4) is 11.4 Å². The number of anilines is 1. The third kappa shape index (κ3) is 4.45. The van der Waals surface area contributed by atoms with Crippen molar-refractivity contribution in [1.29, 1.82) is 0 Å². The van der Waals surface area contributed by atoms with Gasteiger partial charge in [-0.05, 0) is 37.2 Å². The second kappa shape index (κ2) is 9.88. The smallest absolute Gasteiger partial charge is 0.282 e. The van der Waals surface area contributed by atoms with Crippen molar-refractivity contribution in [2.45, 2.75) is 6.42 Å². The van der Waals surface area contributed by atoms with Crippen molar-refractivity contribution in [2.24, 2.45) is 0 Å². The summed E-state index contributed by atoms with van der Waals surface area (Å²) in [5.74, 6) is 0.902.